The number of hydrogen-bond donors (Lipinski definition) is 1. The quantitative estimate of drug-likeness (QED) is 0.348. The van der Waals surface area contributed by atoms with E-state index in [2.05, 4.69) is 9.88 Å². The Kier molecular flexibility index (Phi) is 7.33. The summed E-state index contributed by atoms with van der Waals surface area (Å²) in [5.74, 6) is 0.609. The fourth-order valence-electron chi connectivity index (χ4n) is 4.26. The van der Waals surface area contributed by atoms with Crippen LogP contribution in [0.3, 0.4) is 0 Å². The van der Waals surface area contributed by atoms with E-state index in [9.17, 15) is 9.90 Å². The molecule has 0 spiro atoms. The molecule has 0 radical (unpaired) electrons. The van der Waals surface area contributed by atoms with E-state index in [0.29, 0.717) is 22.4 Å². The monoisotopic (exact) mass is 468 g/mol. The van der Waals surface area contributed by atoms with Gasteiger partial charge in [-0.2, -0.15) is 0 Å². The van der Waals surface area contributed by atoms with E-state index in [1.54, 1.807) is 6.20 Å². The lowest BCUT2D eigenvalue weighted by molar-refractivity contribution is -0.137. The molecule has 166 valence electrons. The molecule has 0 bridgehead atoms. The number of pyridine rings is 1. The van der Waals surface area contributed by atoms with Gasteiger partial charge < -0.3 is 10.0 Å². The van der Waals surface area contributed by atoms with E-state index in [1.807, 2.05) is 66.7 Å². The summed E-state index contributed by atoms with van der Waals surface area (Å²) in [6.07, 6.45) is 4.76. The maximum atomic E-state index is 11.6. The van der Waals surface area contributed by atoms with Crippen molar-refractivity contribution in [2.45, 2.75) is 37.6 Å². The summed E-state index contributed by atoms with van der Waals surface area (Å²) in [4.78, 5) is 18.6. The summed E-state index contributed by atoms with van der Waals surface area (Å²) in [6, 6.07) is 21.4. The van der Waals surface area contributed by atoms with Gasteiger partial charge in [0.2, 0.25) is 0 Å². The van der Waals surface area contributed by atoms with Crippen LogP contribution in [-0.2, 0) is 4.79 Å². The first-order chi connectivity index (χ1) is 15.5. The van der Waals surface area contributed by atoms with Crippen LogP contribution in [-0.4, -0.2) is 22.6 Å². The highest BCUT2D eigenvalue weighted by atomic mass is 35.5. The third-order valence-corrected chi connectivity index (χ3v) is 6.46. The van der Waals surface area contributed by atoms with Gasteiger partial charge in [-0.3, -0.25) is 4.79 Å². The molecule has 1 aliphatic rings. The van der Waals surface area contributed by atoms with Crippen LogP contribution in [0.5, 0.6) is 0 Å². The molecular weight excluding hydrogens is 443 g/mol. The minimum atomic E-state index is -0.807. The molecule has 3 aromatic rings. The van der Waals surface area contributed by atoms with Crippen molar-refractivity contribution < 1.29 is 9.90 Å². The second kappa shape index (κ2) is 10.4. The highest BCUT2D eigenvalue weighted by Crippen LogP contribution is 2.44. The van der Waals surface area contributed by atoms with Gasteiger partial charge in [-0.1, -0.05) is 53.5 Å². The van der Waals surface area contributed by atoms with Gasteiger partial charge in [-0.05, 0) is 72.7 Å². The number of carbonyl (C=O) groups is 1. The Morgan fingerprint density at radius 1 is 1.00 bits per heavy atom. The van der Waals surface area contributed by atoms with Crippen molar-refractivity contribution in [1.82, 2.24) is 4.98 Å². The van der Waals surface area contributed by atoms with Crippen LogP contribution < -0.4 is 4.90 Å². The highest BCUT2D eigenvalue weighted by Gasteiger charge is 2.35. The van der Waals surface area contributed by atoms with E-state index in [4.69, 9.17) is 23.2 Å². The highest BCUT2D eigenvalue weighted by molar-refractivity contribution is 6.30. The minimum Gasteiger partial charge on any atom is -0.481 e. The first-order valence-corrected chi connectivity index (χ1v) is 11.7. The Balaban J connectivity index is 1.84. The largest absolute Gasteiger partial charge is 0.481 e. The van der Waals surface area contributed by atoms with Crippen LogP contribution >= 0.6 is 23.2 Å². The van der Waals surface area contributed by atoms with Crippen molar-refractivity contribution in [3.05, 3.63) is 94.1 Å². The number of aromatic nitrogens is 1. The van der Waals surface area contributed by atoms with E-state index in [1.165, 1.54) is 12.8 Å². The zero-order valence-electron chi connectivity index (χ0n) is 17.7. The lowest BCUT2D eigenvalue weighted by Crippen LogP contribution is -2.35. The van der Waals surface area contributed by atoms with E-state index >= 15 is 0 Å². The summed E-state index contributed by atoms with van der Waals surface area (Å²) in [6.45, 7) is 0.869. The Morgan fingerprint density at radius 2 is 1.78 bits per heavy atom. The van der Waals surface area contributed by atoms with E-state index in [-0.39, 0.29) is 18.4 Å². The number of carboxylic acid groups (broad SMARTS) is 1. The zero-order valence-corrected chi connectivity index (χ0v) is 19.2. The molecule has 0 amide bonds. The molecule has 0 saturated heterocycles. The van der Waals surface area contributed by atoms with Gasteiger partial charge in [0.05, 0.1) is 6.04 Å². The van der Waals surface area contributed by atoms with Gasteiger partial charge >= 0.3 is 5.97 Å². The van der Waals surface area contributed by atoms with Crippen molar-refractivity contribution in [2.24, 2.45) is 5.92 Å². The molecule has 1 heterocycles. The Morgan fingerprint density at radius 3 is 2.41 bits per heavy atom. The first-order valence-electron chi connectivity index (χ1n) is 10.9. The van der Waals surface area contributed by atoms with Crippen molar-refractivity contribution in [3.63, 3.8) is 0 Å². The van der Waals surface area contributed by atoms with Crippen LogP contribution in [0, 0.1) is 5.92 Å². The number of rotatable bonds is 10. The molecule has 2 aromatic carbocycles. The van der Waals surface area contributed by atoms with Crippen LogP contribution in [0.25, 0.3) is 0 Å². The van der Waals surface area contributed by atoms with Gasteiger partial charge in [0, 0.05) is 35.1 Å². The summed E-state index contributed by atoms with van der Waals surface area (Å²) < 4.78 is 0. The van der Waals surface area contributed by atoms with Gasteiger partial charge in [0.25, 0.3) is 0 Å². The molecule has 1 N–H and O–H groups in total. The number of carboxylic acids is 1. The smallest absolute Gasteiger partial charge is 0.303 e. The SMILES string of the molecule is O=C(O)CC[C@H](c1cccc(Cl)c1)[C@@H](c1ccc(Cl)cc1)N(CC1CC1)c1ccccn1. The number of benzene rings is 2. The molecule has 0 aliphatic heterocycles. The fourth-order valence-corrected chi connectivity index (χ4v) is 4.59. The second-order valence-corrected chi connectivity index (χ2v) is 9.25. The average Bonchev–Trinajstić information content (AvgIpc) is 3.61. The molecular formula is C26H26Cl2N2O2. The maximum absolute atomic E-state index is 11.6. The fraction of sp³-hybridized carbons (Fsp3) is 0.308. The number of nitrogens with zero attached hydrogens (tertiary/aromatic N) is 2. The predicted molar refractivity (Wildman–Crippen MR) is 130 cm³/mol. The van der Waals surface area contributed by atoms with Gasteiger partial charge in [0.1, 0.15) is 5.82 Å². The molecule has 32 heavy (non-hydrogen) atoms. The summed E-state index contributed by atoms with van der Waals surface area (Å²) in [5, 5.41) is 10.8. The number of anilines is 1. The van der Waals surface area contributed by atoms with Crippen molar-refractivity contribution in [2.75, 3.05) is 11.4 Å². The molecule has 1 aliphatic carbocycles. The Bertz CT molecular complexity index is 1040. The minimum absolute atomic E-state index is 0.0702. The van der Waals surface area contributed by atoms with E-state index in [0.717, 1.165) is 23.5 Å². The van der Waals surface area contributed by atoms with Crippen LogP contribution in [0.1, 0.15) is 48.8 Å². The van der Waals surface area contributed by atoms with Crippen molar-refractivity contribution in [1.29, 1.82) is 0 Å². The lowest BCUT2D eigenvalue weighted by Gasteiger charge is -2.39. The van der Waals surface area contributed by atoms with Gasteiger partial charge in [0.15, 0.2) is 0 Å². The molecule has 1 saturated carbocycles. The first kappa shape index (κ1) is 22.6. The molecule has 6 heteroatoms. The normalized spacial score (nSPS) is 15.2. The van der Waals surface area contributed by atoms with E-state index < -0.39 is 5.97 Å². The third-order valence-electron chi connectivity index (χ3n) is 5.97. The molecule has 1 aromatic heterocycles. The van der Waals surface area contributed by atoms with Crippen LogP contribution in [0.4, 0.5) is 5.82 Å². The third kappa shape index (κ3) is 5.81. The Hall–Kier alpha value is -2.56. The summed E-state index contributed by atoms with van der Waals surface area (Å²) >= 11 is 12.6. The summed E-state index contributed by atoms with van der Waals surface area (Å²) in [7, 11) is 0. The predicted octanol–water partition coefficient (Wildman–Crippen LogP) is 6.99. The number of aliphatic carboxylic acids is 1. The molecule has 0 unspecified atom stereocenters. The molecule has 2 atom stereocenters. The van der Waals surface area contributed by atoms with Crippen molar-refractivity contribution in [3.8, 4) is 0 Å². The molecule has 4 nitrogen and oxygen atoms in total. The maximum Gasteiger partial charge on any atom is 0.303 e. The lowest BCUT2D eigenvalue weighted by atomic mass is 9.82. The zero-order chi connectivity index (χ0) is 22.5. The van der Waals surface area contributed by atoms with Crippen LogP contribution in [0.2, 0.25) is 10.0 Å². The summed E-state index contributed by atoms with van der Waals surface area (Å²) in [5.41, 5.74) is 2.10. The number of halogens is 2. The van der Waals surface area contributed by atoms with Gasteiger partial charge in [-0.15, -0.1) is 0 Å². The number of hydrogen-bond acceptors (Lipinski definition) is 3. The van der Waals surface area contributed by atoms with Gasteiger partial charge in [-0.25, -0.2) is 4.98 Å². The topological polar surface area (TPSA) is 53.4 Å². The Labute approximate surface area is 198 Å². The molecule has 4 rings (SSSR count). The standard InChI is InChI=1S/C26H26Cl2N2O2/c27-21-11-9-19(10-12-21)26(30(17-18-7-8-18)24-6-1-2-15-29-24)23(13-14-25(31)32)20-4-3-5-22(28)16-20/h1-6,9-12,15-16,18,23,26H,7-8,13-14,17H2,(H,31,32)/t23-,26-/m1/s1. The second-order valence-electron chi connectivity index (χ2n) is 8.37. The van der Waals surface area contributed by atoms with Crippen molar-refractivity contribution >= 4 is 35.0 Å². The molecule has 1 fully saturated rings. The van der Waals surface area contributed by atoms with Crippen LogP contribution in [0.15, 0.2) is 72.9 Å². The average molecular weight is 469 g/mol.